The second-order valence-corrected chi connectivity index (χ2v) is 5.47. The Morgan fingerprint density at radius 2 is 2.15 bits per heavy atom. The van der Waals surface area contributed by atoms with Crippen LogP contribution in [-0.2, 0) is 19.5 Å². The summed E-state index contributed by atoms with van der Waals surface area (Å²) in [6.07, 6.45) is 1.07. The van der Waals surface area contributed by atoms with Gasteiger partial charge in [0.25, 0.3) is 0 Å². The average molecular weight is 286 g/mol. The lowest BCUT2D eigenvalue weighted by Gasteiger charge is -2.08. The number of hydrogen-bond acceptors (Lipinski definition) is 4. The quantitative estimate of drug-likeness (QED) is 0.884. The summed E-state index contributed by atoms with van der Waals surface area (Å²) < 4.78 is 5.22. The Morgan fingerprint density at radius 3 is 2.85 bits per heavy atom. The third kappa shape index (κ3) is 3.38. The van der Waals surface area contributed by atoms with Gasteiger partial charge in [-0.3, -0.25) is 0 Å². The van der Waals surface area contributed by atoms with E-state index in [1.807, 2.05) is 12.1 Å². The maximum atomic E-state index is 8.95. The molecule has 1 heterocycles. The first-order valence-electron chi connectivity index (χ1n) is 6.61. The van der Waals surface area contributed by atoms with Gasteiger partial charge in [0.2, 0.25) is 0 Å². The van der Waals surface area contributed by atoms with Crippen LogP contribution >= 0.6 is 11.3 Å². The van der Waals surface area contributed by atoms with Gasteiger partial charge >= 0.3 is 0 Å². The largest absolute Gasteiger partial charge is 0.495 e. The van der Waals surface area contributed by atoms with Crippen molar-refractivity contribution in [3.63, 3.8) is 0 Å². The molecule has 0 saturated heterocycles. The molecule has 0 saturated carbocycles. The van der Waals surface area contributed by atoms with Crippen molar-refractivity contribution in [3.05, 3.63) is 51.2 Å². The third-order valence-electron chi connectivity index (χ3n) is 3.22. The van der Waals surface area contributed by atoms with Crippen LogP contribution in [0, 0.1) is 11.3 Å². The van der Waals surface area contributed by atoms with E-state index in [1.165, 1.54) is 10.4 Å². The summed E-state index contributed by atoms with van der Waals surface area (Å²) in [5.41, 5.74) is 3.11. The molecule has 0 fully saturated rings. The van der Waals surface area contributed by atoms with Crippen LogP contribution in [0.25, 0.3) is 0 Å². The second kappa shape index (κ2) is 7.09. The molecular weight excluding hydrogens is 268 g/mol. The van der Waals surface area contributed by atoms with E-state index in [-0.39, 0.29) is 0 Å². The summed E-state index contributed by atoms with van der Waals surface area (Å²) in [5.74, 6) is 0.636. The number of rotatable bonds is 6. The number of ether oxygens (including phenoxy) is 1. The maximum absolute atomic E-state index is 8.95. The van der Waals surface area contributed by atoms with Crippen molar-refractivity contribution in [3.8, 4) is 11.8 Å². The van der Waals surface area contributed by atoms with Gasteiger partial charge in [-0.1, -0.05) is 13.0 Å². The minimum absolute atomic E-state index is 0.572. The summed E-state index contributed by atoms with van der Waals surface area (Å²) in [7, 11) is 1.59. The highest BCUT2D eigenvalue weighted by molar-refractivity contribution is 7.10. The van der Waals surface area contributed by atoms with E-state index in [0.717, 1.165) is 25.1 Å². The van der Waals surface area contributed by atoms with Crippen molar-refractivity contribution in [2.45, 2.75) is 26.4 Å². The van der Waals surface area contributed by atoms with Crippen molar-refractivity contribution >= 4 is 11.3 Å². The first kappa shape index (κ1) is 14.6. The van der Waals surface area contributed by atoms with Crippen LogP contribution in [0.4, 0.5) is 0 Å². The van der Waals surface area contributed by atoms with E-state index in [4.69, 9.17) is 10.00 Å². The molecule has 1 aromatic carbocycles. The lowest BCUT2D eigenvalue weighted by atomic mass is 10.1. The van der Waals surface area contributed by atoms with Crippen molar-refractivity contribution in [1.82, 2.24) is 5.32 Å². The molecule has 0 aliphatic carbocycles. The zero-order valence-electron chi connectivity index (χ0n) is 11.8. The first-order chi connectivity index (χ1) is 9.78. The van der Waals surface area contributed by atoms with Crippen molar-refractivity contribution in [1.29, 1.82) is 5.26 Å². The number of benzene rings is 1. The Hall–Kier alpha value is -1.83. The minimum atomic E-state index is 0.572. The molecule has 2 rings (SSSR count). The topological polar surface area (TPSA) is 45.0 Å². The Balaban J connectivity index is 1.96. The fourth-order valence-corrected chi connectivity index (χ4v) is 3.04. The number of nitriles is 1. The Kier molecular flexibility index (Phi) is 5.16. The average Bonchev–Trinajstić information content (AvgIpc) is 2.94. The number of thiophene rings is 1. The molecule has 3 nitrogen and oxygen atoms in total. The van der Waals surface area contributed by atoms with Gasteiger partial charge in [-0.2, -0.15) is 5.26 Å². The minimum Gasteiger partial charge on any atom is -0.495 e. The molecule has 0 bridgehead atoms. The number of methoxy groups -OCH3 is 1. The molecule has 1 N–H and O–H groups in total. The predicted molar refractivity (Wildman–Crippen MR) is 81.9 cm³/mol. The number of nitrogens with zero attached hydrogens (tertiary/aromatic N) is 1. The molecule has 0 aliphatic rings. The second-order valence-electron chi connectivity index (χ2n) is 4.47. The van der Waals surface area contributed by atoms with Gasteiger partial charge < -0.3 is 10.1 Å². The summed E-state index contributed by atoms with van der Waals surface area (Å²) in [6.45, 7) is 3.82. The maximum Gasteiger partial charge on any atom is 0.136 e. The van der Waals surface area contributed by atoms with E-state index in [9.17, 15) is 0 Å². The molecule has 0 radical (unpaired) electrons. The standard InChI is InChI=1S/C16H18N2OS/c1-3-13-6-7-20-16(13)11-18-10-12-4-5-14(9-17)15(8-12)19-2/h4-8,18H,3,10-11H2,1-2H3. The molecule has 20 heavy (non-hydrogen) atoms. The molecule has 0 unspecified atom stereocenters. The van der Waals surface area contributed by atoms with Gasteiger partial charge in [0.1, 0.15) is 11.8 Å². The fraction of sp³-hybridized carbons (Fsp3) is 0.312. The Morgan fingerprint density at radius 1 is 1.30 bits per heavy atom. The zero-order chi connectivity index (χ0) is 14.4. The van der Waals surface area contributed by atoms with Crippen LogP contribution < -0.4 is 10.1 Å². The van der Waals surface area contributed by atoms with Gasteiger partial charge in [-0.05, 0) is 41.1 Å². The summed E-state index contributed by atoms with van der Waals surface area (Å²) in [5, 5.41) is 14.5. The lowest BCUT2D eigenvalue weighted by molar-refractivity contribution is 0.412. The summed E-state index contributed by atoms with van der Waals surface area (Å²) >= 11 is 1.79. The highest BCUT2D eigenvalue weighted by Gasteiger charge is 2.05. The molecule has 0 atom stereocenters. The van der Waals surface area contributed by atoms with Crippen molar-refractivity contribution in [2.75, 3.05) is 7.11 Å². The van der Waals surface area contributed by atoms with Gasteiger partial charge in [-0.15, -0.1) is 11.3 Å². The number of aryl methyl sites for hydroxylation is 1. The summed E-state index contributed by atoms with van der Waals surface area (Å²) in [4.78, 5) is 1.40. The van der Waals surface area contributed by atoms with Crippen LogP contribution in [0.15, 0.2) is 29.6 Å². The van der Waals surface area contributed by atoms with Crippen LogP contribution in [0.5, 0.6) is 5.75 Å². The highest BCUT2D eigenvalue weighted by Crippen LogP contribution is 2.20. The Bertz CT molecular complexity index is 613. The highest BCUT2D eigenvalue weighted by atomic mass is 32.1. The SMILES string of the molecule is CCc1ccsc1CNCc1ccc(C#N)c(OC)c1. The fourth-order valence-electron chi connectivity index (χ4n) is 2.10. The molecule has 0 aliphatic heterocycles. The van der Waals surface area contributed by atoms with Crippen molar-refractivity contribution in [2.24, 2.45) is 0 Å². The molecule has 2 aromatic rings. The molecular formula is C16H18N2OS. The predicted octanol–water partition coefficient (Wildman–Crippen LogP) is 3.48. The van der Waals surface area contributed by atoms with Crippen LogP contribution in [0.3, 0.4) is 0 Å². The molecule has 4 heteroatoms. The van der Waals surface area contributed by atoms with Crippen LogP contribution in [0.2, 0.25) is 0 Å². The van der Waals surface area contributed by atoms with Crippen molar-refractivity contribution < 1.29 is 4.74 Å². The van der Waals surface area contributed by atoms with Crippen LogP contribution in [-0.4, -0.2) is 7.11 Å². The normalized spacial score (nSPS) is 10.2. The molecule has 104 valence electrons. The molecule has 1 aromatic heterocycles. The zero-order valence-corrected chi connectivity index (χ0v) is 12.6. The first-order valence-corrected chi connectivity index (χ1v) is 7.49. The Labute approximate surface area is 123 Å². The number of hydrogen-bond donors (Lipinski definition) is 1. The van der Waals surface area contributed by atoms with Gasteiger partial charge in [-0.25, -0.2) is 0 Å². The third-order valence-corrected chi connectivity index (χ3v) is 4.18. The van der Waals surface area contributed by atoms with Gasteiger partial charge in [0.15, 0.2) is 0 Å². The van der Waals surface area contributed by atoms with E-state index >= 15 is 0 Å². The monoisotopic (exact) mass is 286 g/mol. The summed E-state index contributed by atoms with van der Waals surface area (Å²) in [6, 6.07) is 9.99. The lowest BCUT2D eigenvalue weighted by Crippen LogP contribution is -2.12. The molecule has 0 spiro atoms. The molecule has 0 amide bonds. The van der Waals surface area contributed by atoms with Gasteiger partial charge in [0.05, 0.1) is 12.7 Å². The van der Waals surface area contributed by atoms with E-state index < -0.39 is 0 Å². The number of nitrogens with one attached hydrogen (secondary N) is 1. The van der Waals surface area contributed by atoms with E-state index in [2.05, 4.69) is 29.8 Å². The smallest absolute Gasteiger partial charge is 0.136 e. The van der Waals surface area contributed by atoms with Crippen LogP contribution in [0.1, 0.15) is 28.5 Å². The van der Waals surface area contributed by atoms with E-state index in [1.54, 1.807) is 24.5 Å². The van der Waals surface area contributed by atoms with Gasteiger partial charge in [0, 0.05) is 18.0 Å². The van der Waals surface area contributed by atoms with E-state index in [0.29, 0.717) is 11.3 Å².